The molecular formula is C19H26N2O2. The summed E-state index contributed by atoms with van der Waals surface area (Å²) in [6.45, 7) is 9.28. The van der Waals surface area contributed by atoms with E-state index in [0.717, 1.165) is 41.7 Å². The molecule has 0 spiro atoms. The Hall–Kier alpha value is -1.81. The number of furan rings is 1. The summed E-state index contributed by atoms with van der Waals surface area (Å²) < 4.78 is 5.69. The number of benzene rings is 1. The lowest BCUT2D eigenvalue weighted by atomic mass is 10.0. The second-order valence-electron chi connectivity index (χ2n) is 6.55. The molecule has 0 bridgehead atoms. The molecule has 4 nitrogen and oxygen atoms in total. The van der Waals surface area contributed by atoms with Gasteiger partial charge in [-0.15, -0.1) is 0 Å². The van der Waals surface area contributed by atoms with Crippen molar-refractivity contribution in [1.29, 1.82) is 0 Å². The fourth-order valence-electron chi connectivity index (χ4n) is 3.54. The van der Waals surface area contributed by atoms with Crippen LogP contribution in [-0.2, 0) is 11.2 Å². The highest BCUT2D eigenvalue weighted by molar-refractivity contribution is 5.89. The summed E-state index contributed by atoms with van der Waals surface area (Å²) in [6, 6.07) is 4.64. The Bertz CT molecular complexity index is 705. The molecule has 0 radical (unpaired) electrons. The highest BCUT2D eigenvalue weighted by Gasteiger charge is 2.23. The highest BCUT2D eigenvalue weighted by atomic mass is 16.3. The molecule has 2 aromatic rings. The summed E-state index contributed by atoms with van der Waals surface area (Å²) in [5, 5.41) is 4.15. The summed E-state index contributed by atoms with van der Waals surface area (Å²) in [6.07, 6.45) is 4.53. The number of carbonyl (C=O) groups is 1. The third-order valence-corrected chi connectivity index (χ3v) is 5.13. The van der Waals surface area contributed by atoms with Gasteiger partial charge in [0.1, 0.15) is 5.58 Å². The molecule has 1 fully saturated rings. The lowest BCUT2D eigenvalue weighted by Gasteiger charge is -2.22. The molecule has 3 rings (SSSR count). The first-order chi connectivity index (χ1) is 11.1. The fraction of sp³-hybridized carbons (Fsp3) is 0.526. The van der Waals surface area contributed by atoms with Gasteiger partial charge in [0.2, 0.25) is 5.91 Å². The van der Waals surface area contributed by atoms with Gasteiger partial charge in [0.05, 0.1) is 12.7 Å². The molecule has 0 saturated carbocycles. The van der Waals surface area contributed by atoms with Gasteiger partial charge in [0, 0.05) is 23.5 Å². The zero-order valence-corrected chi connectivity index (χ0v) is 14.3. The minimum atomic E-state index is 0.0777. The van der Waals surface area contributed by atoms with Crippen molar-refractivity contribution in [2.24, 2.45) is 0 Å². The quantitative estimate of drug-likeness (QED) is 0.922. The van der Waals surface area contributed by atoms with Crippen LogP contribution in [0.5, 0.6) is 0 Å². The van der Waals surface area contributed by atoms with Gasteiger partial charge in [0.15, 0.2) is 0 Å². The maximum atomic E-state index is 12.3. The van der Waals surface area contributed by atoms with E-state index in [2.05, 4.69) is 43.1 Å². The first kappa shape index (κ1) is 16.1. The molecule has 1 aromatic heterocycles. The summed E-state index contributed by atoms with van der Waals surface area (Å²) in [7, 11) is 0. The third kappa shape index (κ3) is 3.27. The van der Waals surface area contributed by atoms with E-state index in [1.807, 2.05) is 0 Å². The molecule has 1 aliphatic rings. The smallest absolute Gasteiger partial charge is 0.224 e. The number of likely N-dealkylation sites (N-methyl/N-ethyl adjacent to an activating group) is 1. The van der Waals surface area contributed by atoms with E-state index < -0.39 is 0 Å². The van der Waals surface area contributed by atoms with Crippen molar-refractivity contribution in [2.45, 2.75) is 46.1 Å². The zero-order chi connectivity index (χ0) is 16.4. The van der Waals surface area contributed by atoms with Gasteiger partial charge in [-0.1, -0.05) is 19.1 Å². The summed E-state index contributed by atoms with van der Waals surface area (Å²) in [4.78, 5) is 14.7. The van der Waals surface area contributed by atoms with E-state index in [1.165, 1.54) is 18.4 Å². The first-order valence-corrected chi connectivity index (χ1v) is 8.57. The third-order valence-electron chi connectivity index (χ3n) is 5.13. The van der Waals surface area contributed by atoms with E-state index in [1.54, 1.807) is 6.26 Å². The second kappa shape index (κ2) is 6.75. The van der Waals surface area contributed by atoms with E-state index in [9.17, 15) is 4.79 Å². The van der Waals surface area contributed by atoms with Crippen molar-refractivity contribution < 1.29 is 9.21 Å². The van der Waals surface area contributed by atoms with Gasteiger partial charge in [-0.3, -0.25) is 9.69 Å². The number of aryl methyl sites for hydroxylation is 2. The highest BCUT2D eigenvalue weighted by Crippen LogP contribution is 2.26. The molecule has 1 aromatic carbocycles. The maximum absolute atomic E-state index is 12.3. The lowest BCUT2D eigenvalue weighted by Crippen LogP contribution is -2.40. The molecule has 1 unspecified atom stereocenters. The number of fused-ring (bicyclic) bond motifs is 1. The largest absolute Gasteiger partial charge is 0.464 e. The molecule has 124 valence electrons. The van der Waals surface area contributed by atoms with E-state index >= 15 is 0 Å². The summed E-state index contributed by atoms with van der Waals surface area (Å²) >= 11 is 0. The normalized spacial score (nSPS) is 18.7. The van der Waals surface area contributed by atoms with Gasteiger partial charge in [0.25, 0.3) is 0 Å². The number of hydrogen-bond acceptors (Lipinski definition) is 3. The number of nitrogens with zero attached hydrogens (tertiary/aromatic N) is 1. The molecule has 1 aliphatic heterocycles. The second-order valence-corrected chi connectivity index (χ2v) is 6.55. The van der Waals surface area contributed by atoms with Crippen LogP contribution in [0.3, 0.4) is 0 Å². The standard InChI is InChI=1S/C19H26N2O2/c1-4-21-9-5-6-16(21)11-20-18(22)10-15-12-23-19-14(3)13(2)7-8-17(15)19/h7-8,12,16H,4-6,9-11H2,1-3H3,(H,20,22). The van der Waals surface area contributed by atoms with Gasteiger partial charge in [-0.05, 0) is 50.9 Å². The number of hydrogen-bond donors (Lipinski definition) is 1. The van der Waals surface area contributed by atoms with Crippen LogP contribution >= 0.6 is 0 Å². The first-order valence-electron chi connectivity index (χ1n) is 8.57. The van der Waals surface area contributed by atoms with Crippen molar-refractivity contribution in [3.05, 3.63) is 35.1 Å². The Labute approximate surface area is 137 Å². The Morgan fingerprint density at radius 1 is 1.39 bits per heavy atom. The van der Waals surface area contributed by atoms with Gasteiger partial charge in [-0.2, -0.15) is 0 Å². The molecule has 23 heavy (non-hydrogen) atoms. The average molecular weight is 314 g/mol. The molecule has 1 saturated heterocycles. The number of nitrogens with one attached hydrogen (secondary N) is 1. The van der Waals surface area contributed by atoms with Crippen LogP contribution in [0.1, 0.15) is 36.5 Å². The Morgan fingerprint density at radius 2 is 2.22 bits per heavy atom. The van der Waals surface area contributed by atoms with Crippen LogP contribution in [0, 0.1) is 13.8 Å². The zero-order valence-electron chi connectivity index (χ0n) is 14.3. The van der Waals surface area contributed by atoms with Crippen molar-refractivity contribution >= 4 is 16.9 Å². The predicted molar refractivity (Wildman–Crippen MR) is 92.7 cm³/mol. The number of amides is 1. The Kier molecular flexibility index (Phi) is 4.71. The van der Waals surface area contributed by atoms with Crippen molar-refractivity contribution in [3.8, 4) is 0 Å². The average Bonchev–Trinajstić information content (AvgIpc) is 3.16. The topological polar surface area (TPSA) is 45.5 Å². The van der Waals surface area contributed by atoms with Crippen molar-refractivity contribution in [3.63, 3.8) is 0 Å². The minimum absolute atomic E-state index is 0.0777. The molecular weight excluding hydrogens is 288 g/mol. The van der Waals surface area contributed by atoms with Gasteiger partial charge >= 0.3 is 0 Å². The van der Waals surface area contributed by atoms with Crippen LogP contribution in [0.15, 0.2) is 22.8 Å². The van der Waals surface area contributed by atoms with E-state index in [-0.39, 0.29) is 5.91 Å². The van der Waals surface area contributed by atoms with Crippen LogP contribution in [0.4, 0.5) is 0 Å². The SMILES string of the molecule is CCN1CCCC1CNC(=O)Cc1coc2c(C)c(C)ccc12. The van der Waals surface area contributed by atoms with Crippen LogP contribution in [0.25, 0.3) is 11.0 Å². The van der Waals surface area contributed by atoms with Gasteiger partial charge in [-0.25, -0.2) is 0 Å². The summed E-state index contributed by atoms with van der Waals surface area (Å²) in [5.74, 6) is 0.0777. The van der Waals surface area contributed by atoms with Crippen LogP contribution in [-0.4, -0.2) is 36.5 Å². The maximum Gasteiger partial charge on any atom is 0.224 e. The monoisotopic (exact) mass is 314 g/mol. The van der Waals surface area contributed by atoms with Crippen molar-refractivity contribution in [1.82, 2.24) is 10.2 Å². The summed E-state index contributed by atoms with van der Waals surface area (Å²) in [5.41, 5.74) is 4.24. The van der Waals surface area contributed by atoms with Crippen LogP contribution < -0.4 is 5.32 Å². The molecule has 1 N–H and O–H groups in total. The Morgan fingerprint density at radius 3 is 3.00 bits per heavy atom. The van der Waals surface area contributed by atoms with Gasteiger partial charge < -0.3 is 9.73 Å². The van der Waals surface area contributed by atoms with Crippen LogP contribution in [0.2, 0.25) is 0 Å². The molecule has 0 aliphatic carbocycles. The number of rotatable bonds is 5. The van der Waals surface area contributed by atoms with E-state index in [4.69, 9.17) is 4.42 Å². The fourth-order valence-corrected chi connectivity index (χ4v) is 3.54. The van der Waals surface area contributed by atoms with Crippen molar-refractivity contribution in [2.75, 3.05) is 19.6 Å². The molecule has 2 heterocycles. The molecule has 1 atom stereocenters. The molecule has 4 heteroatoms. The predicted octanol–water partition coefficient (Wildman–Crippen LogP) is 3.19. The number of likely N-dealkylation sites (tertiary alicyclic amines) is 1. The van der Waals surface area contributed by atoms with E-state index in [0.29, 0.717) is 12.5 Å². The Balaban J connectivity index is 1.63. The minimum Gasteiger partial charge on any atom is -0.464 e. The lowest BCUT2D eigenvalue weighted by molar-refractivity contribution is -0.120. The number of carbonyl (C=O) groups excluding carboxylic acids is 1. The molecule has 1 amide bonds.